The molecule has 0 saturated heterocycles. The Hall–Kier alpha value is -0.140. The van der Waals surface area contributed by atoms with Gasteiger partial charge in [-0.25, -0.2) is 16.8 Å². The van der Waals surface area contributed by atoms with Gasteiger partial charge in [-0.2, -0.15) is 0 Å². The molecule has 12 heteroatoms. The second-order valence-corrected chi connectivity index (χ2v) is 6.97. The molecule has 0 aliphatic carbocycles. The Morgan fingerprint density at radius 2 is 0.958 bits per heavy atom. The molecule has 0 saturated carbocycles. The van der Waals surface area contributed by atoms with Gasteiger partial charge >= 0.3 is 59.1 Å². The van der Waals surface area contributed by atoms with Crippen LogP contribution in [0.4, 0.5) is 0 Å². The largest absolute Gasteiger partial charge is 1.00 e. The molecule has 0 bridgehead atoms. The average molecular weight is 390 g/mol. The molecule has 0 aliphatic rings. The van der Waals surface area contributed by atoms with Gasteiger partial charge in [0.2, 0.25) is 0 Å². The monoisotopic (exact) mass is 390 g/mol. The standard InChI is InChI=1S/C12H10O8S2.2Na/c13-9-3-1-7(5-11(9)21(15,16)17)8-2-4-10(14)12(6-8)22(18,19)20;;/h1-6,13-14H,(H,15,16,17)(H,18,19,20);;/q;2*+1/p-2. The first-order chi connectivity index (χ1) is 10.00. The fourth-order valence-corrected chi connectivity index (χ4v) is 2.98. The molecular formula is C12H8Na2O8S2. The molecule has 0 aliphatic heterocycles. The summed E-state index contributed by atoms with van der Waals surface area (Å²) in [5.41, 5.74) is 0.134. The van der Waals surface area contributed by atoms with Crippen LogP contribution in [0.2, 0.25) is 0 Å². The summed E-state index contributed by atoms with van der Waals surface area (Å²) in [4.78, 5) is -1.77. The Kier molecular flexibility index (Phi) is 8.45. The fraction of sp³-hybridized carbons (Fsp3) is 0. The van der Waals surface area contributed by atoms with E-state index in [0.29, 0.717) is 0 Å². The van der Waals surface area contributed by atoms with Gasteiger partial charge in [0.05, 0.1) is 9.79 Å². The van der Waals surface area contributed by atoms with Crippen LogP contribution >= 0.6 is 0 Å². The van der Waals surface area contributed by atoms with Crippen molar-refractivity contribution in [2.24, 2.45) is 0 Å². The molecule has 0 fully saturated rings. The maximum atomic E-state index is 11.0. The number of benzene rings is 2. The predicted octanol–water partition coefficient (Wildman–Crippen LogP) is -5.42. The molecule has 0 amide bonds. The Labute approximate surface area is 182 Å². The summed E-state index contributed by atoms with van der Waals surface area (Å²) in [6, 6.07) is 6.00. The van der Waals surface area contributed by atoms with Crippen LogP contribution in [0.5, 0.6) is 11.5 Å². The minimum atomic E-state index is -4.94. The molecule has 2 aromatic carbocycles. The molecule has 24 heavy (non-hydrogen) atoms. The van der Waals surface area contributed by atoms with Crippen molar-refractivity contribution >= 4 is 20.2 Å². The summed E-state index contributed by atoms with van der Waals surface area (Å²) in [5, 5.41) is 18.8. The van der Waals surface area contributed by atoms with E-state index in [9.17, 15) is 36.2 Å². The second kappa shape index (κ2) is 8.49. The first-order valence-corrected chi connectivity index (χ1v) is 8.40. The quantitative estimate of drug-likeness (QED) is 0.389. The molecule has 2 rings (SSSR count). The van der Waals surface area contributed by atoms with E-state index in [1.54, 1.807) is 0 Å². The zero-order valence-corrected chi connectivity index (χ0v) is 18.3. The summed E-state index contributed by atoms with van der Waals surface area (Å²) >= 11 is 0. The van der Waals surface area contributed by atoms with Crippen LogP contribution in [0.25, 0.3) is 11.1 Å². The third-order valence-corrected chi connectivity index (χ3v) is 4.52. The molecule has 0 spiro atoms. The van der Waals surface area contributed by atoms with E-state index < -0.39 is 41.5 Å². The third-order valence-electron chi connectivity index (χ3n) is 2.79. The van der Waals surface area contributed by atoms with Crippen LogP contribution < -0.4 is 59.1 Å². The molecule has 0 aromatic heterocycles. The first-order valence-electron chi connectivity index (χ1n) is 5.58. The molecule has 0 atom stereocenters. The van der Waals surface area contributed by atoms with Crippen LogP contribution in [-0.2, 0) is 20.2 Å². The summed E-state index contributed by atoms with van der Waals surface area (Å²) in [5.74, 6) is -1.51. The fourth-order valence-electron chi connectivity index (χ4n) is 1.79. The van der Waals surface area contributed by atoms with Crippen molar-refractivity contribution in [1.29, 1.82) is 0 Å². The molecule has 8 nitrogen and oxygen atoms in total. The normalized spacial score (nSPS) is 11.2. The number of phenolic OH excluding ortho intramolecular Hbond substituents is 2. The second-order valence-electron chi connectivity index (χ2n) is 4.27. The molecule has 2 aromatic rings. The van der Waals surface area contributed by atoms with Crippen LogP contribution in [0.1, 0.15) is 0 Å². The molecule has 0 radical (unpaired) electrons. The molecule has 2 N–H and O–H groups in total. The van der Waals surface area contributed by atoms with Gasteiger partial charge in [0, 0.05) is 0 Å². The van der Waals surface area contributed by atoms with E-state index in [0.717, 1.165) is 24.3 Å². The third kappa shape index (κ3) is 5.43. The Balaban J connectivity index is 0.00000264. The zero-order chi connectivity index (χ0) is 16.7. The summed E-state index contributed by atoms with van der Waals surface area (Å²) in [6.45, 7) is 0. The van der Waals surface area contributed by atoms with Crippen LogP contribution in [0, 0.1) is 0 Å². The van der Waals surface area contributed by atoms with Crippen LogP contribution in [-0.4, -0.2) is 36.2 Å². The van der Waals surface area contributed by atoms with Gasteiger partial charge in [-0.3, -0.25) is 0 Å². The van der Waals surface area contributed by atoms with E-state index in [2.05, 4.69) is 0 Å². The first kappa shape index (κ1) is 23.9. The van der Waals surface area contributed by atoms with Crippen molar-refractivity contribution in [3.8, 4) is 22.6 Å². The number of hydrogen-bond acceptors (Lipinski definition) is 8. The van der Waals surface area contributed by atoms with E-state index in [1.165, 1.54) is 12.1 Å². The Bertz CT molecular complexity index is 876. The molecule has 0 heterocycles. The van der Waals surface area contributed by atoms with Crippen LogP contribution in [0.15, 0.2) is 46.2 Å². The van der Waals surface area contributed by atoms with Gasteiger partial charge in [-0.15, -0.1) is 0 Å². The van der Waals surface area contributed by atoms with E-state index >= 15 is 0 Å². The van der Waals surface area contributed by atoms with Gasteiger partial charge < -0.3 is 19.3 Å². The van der Waals surface area contributed by atoms with Crippen molar-refractivity contribution in [2.45, 2.75) is 9.79 Å². The van der Waals surface area contributed by atoms with Gasteiger partial charge in [0.25, 0.3) is 0 Å². The number of phenols is 2. The van der Waals surface area contributed by atoms with E-state index in [4.69, 9.17) is 0 Å². The number of hydrogen-bond donors (Lipinski definition) is 2. The Morgan fingerprint density at radius 1 is 0.667 bits per heavy atom. The summed E-state index contributed by atoms with van der Waals surface area (Å²) < 4.78 is 66.1. The van der Waals surface area contributed by atoms with Crippen LogP contribution in [0.3, 0.4) is 0 Å². The van der Waals surface area contributed by atoms with Gasteiger partial charge in [0.15, 0.2) is 0 Å². The molecule has 118 valence electrons. The minimum absolute atomic E-state index is 0. The number of aromatic hydroxyl groups is 2. The topological polar surface area (TPSA) is 155 Å². The van der Waals surface area contributed by atoms with E-state index in [1.807, 2.05) is 0 Å². The SMILES string of the molecule is O=S(=O)([O-])c1cc(-c2ccc(O)c(S(=O)(=O)[O-])c2)ccc1O.[Na+].[Na+]. The van der Waals surface area contributed by atoms with Crippen molar-refractivity contribution < 1.29 is 95.3 Å². The van der Waals surface area contributed by atoms with Gasteiger partial charge in [-0.1, -0.05) is 12.1 Å². The molecular weight excluding hydrogens is 382 g/mol. The smallest absolute Gasteiger partial charge is 0.744 e. The molecule has 0 unspecified atom stereocenters. The van der Waals surface area contributed by atoms with Crippen molar-refractivity contribution in [2.75, 3.05) is 0 Å². The van der Waals surface area contributed by atoms with Gasteiger partial charge in [-0.05, 0) is 35.4 Å². The predicted molar refractivity (Wildman–Crippen MR) is 71.1 cm³/mol. The average Bonchev–Trinajstić information content (AvgIpc) is 2.37. The minimum Gasteiger partial charge on any atom is -0.744 e. The van der Waals surface area contributed by atoms with E-state index in [-0.39, 0.29) is 70.2 Å². The maximum Gasteiger partial charge on any atom is 1.00 e. The van der Waals surface area contributed by atoms with Crippen molar-refractivity contribution in [3.63, 3.8) is 0 Å². The number of rotatable bonds is 3. The van der Waals surface area contributed by atoms with Crippen molar-refractivity contribution in [3.05, 3.63) is 36.4 Å². The van der Waals surface area contributed by atoms with Crippen molar-refractivity contribution in [1.82, 2.24) is 0 Å². The zero-order valence-electron chi connectivity index (χ0n) is 12.6. The summed E-state index contributed by atoms with van der Waals surface area (Å²) in [7, 11) is -9.88. The summed E-state index contributed by atoms with van der Waals surface area (Å²) in [6.07, 6.45) is 0. The van der Waals surface area contributed by atoms with Gasteiger partial charge in [0.1, 0.15) is 31.7 Å². The Morgan fingerprint density at radius 3 is 1.21 bits per heavy atom. The maximum absolute atomic E-state index is 11.0.